The van der Waals surface area contributed by atoms with E-state index < -0.39 is 17.8 Å². The minimum Gasteiger partial charge on any atom is -0.481 e. The number of thiazole rings is 1. The van der Waals surface area contributed by atoms with Gasteiger partial charge in [-0.15, -0.1) is 11.3 Å². The maximum absolute atomic E-state index is 12.7. The predicted octanol–water partition coefficient (Wildman–Crippen LogP) is 2.54. The van der Waals surface area contributed by atoms with Crippen molar-refractivity contribution in [1.29, 1.82) is 0 Å². The van der Waals surface area contributed by atoms with Gasteiger partial charge in [-0.05, 0) is 31.6 Å². The standard InChI is InChI=1S/C16H20N2O3S/c1-3-11(15-17-8(2)7-22-15)18-14(19)12-9-4-5-10(6-9)13(12)16(20)21/h4-5,7,9-13H,3,6H2,1-2H3,(H,18,19)(H,20,21). The Labute approximate surface area is 133 Å². The summed E-state index contributed by atoms with van der Waals surface area (Å²) >= 11 is 1.53. The average Bonchev–Trinajstić information content (AvgIpc) is 3.18. The number of amides is 1. The molecule has 5 unspecified atom stereocenters. The van der Waals surface area contributed by atoms with Gasteiger partial charge in [-0.3, -0.25) is 9.59 Å². The summed E-state index contributed by atoms with van der Waals surface area (Å²) < 4.78 is 0. The fraction of sp³-hybridized carbons (Fsp3) is 0.562. The molecule has 6 heteroatoms. The van der Waals surface area contributed by atoms with Crippen molar-refractivity contribution in [3.05, 3.63) is 28.2 Å². The molecule has 2 N–H and O–H groups in total. The van der Waals surface area contributed by atoms with E-state index in [4.69, 9.17) is 0 Å². The number of aliphatic carboxylic acids is 1. The number of carbonyl (C=O) groups excluding carboxylic acids is 1. The van der Waals surface area contributed by atoms with Crippen LogP contribution in [0.5, 0.6) is 0 Å². The summed E-state index contributed by atoms with van der Waals surface area (Å²) in [6.45, 7) is 3.92. The van der Waals surface area contributed by atoms with Gasteiger partial charge in [-0.1, -0.05) is 19.1 Å². The smallest absolute Gasteiger partial charge is 0.307 e. The van der Waals surface area contributed by atoms with E-state index in [2.05, 4.69) is 10.3 Å². The molecule has 118 valence electrons. The summed E-state index contributed by atoms with van der Waals surface area (Å²) in [6.07, 6.45) is 5.48. The monoisotopic (exact) mass is 320 g/mol. The van der Waals surface area contributed by atoms with E-state index in [9.17, 15) is 14.7 Å². The third kappa shape index (κ3) is 2.56. The first-order chi connectivity index (χ1) is 10.5. The molecule has 5 nitrogen and oxygen atoms in total. The molecule has 0 aliphatic heterocycles. The number of aryl methyl sites for hydroxylation is 1. The van der Waals surface area contributed by atoms with Crippen molar-refractivity contribution in [1.82, 2.24) is 10.3 Å². The molecule has 1 aromatic rings. The van der Waals surface area contributed by atoms with Crippen molar-refractivity contribution >= 4 is 23.2 Å². The number of carboxylic acid groups (broad SMARTS) is 1. The number of rotatable bonds is 5. The molecule has 5 atom stereocenters. The lowest BCUT2D eigenvalue weighted by Gasteiger charge is -2.26. The molecule has 1 saturated carbocycles. The molecule has 3 rings (SSSR count). The van der Waals surface area contributed by atoms with E-state index in [0.717, 1.165) is 23.5 Å². The normalized spacial score (nSPS) is 30.5. The Bertz CT molecular complexity index is 625. The van der Waals surface area contributed by atoms with E-state index in [1.54, 1.807) is 0 Å². The number of allylic oxidation sites excluding steroid dienone is 2. The number of fused-ring (bicyclic) bond motifs is 2. The second kappa shape index (κ2) is 5.83. The topological polar surface area (TPSA) is 79.3 Å². The fourth-order valence-electron chi connectivity index (χ4n) is 3.65. The van der Waals surface area contributed by atoms with E-state index in [0.29, 0.717) is 0 Å². The number of carbonyl (C=O) groups is 2. The Morgan fingerprint density at radius 1 is 1.41 bits per heavy atom. The molecular weight excluding hydrogens is 300 g/mol. The van der Waals surface area contributed by atoms with Crippen molar-refractivity contribution in [2.24, 2.45) is 23.7 Å². The molecule has 0 aromatic carbocycles. The Morgan fingerprint density at radius 2 is 2.09 bits per heavy atom. The number of nitrogens with zero attached hydrogens (tertiary/aromatic N) is 1. The Kier molecular flexibility index (Phi) is 4.04. The largest absolute Gasteiger partial charge is 0.481 e. The highest BCUT2D eigenvalue weighted by Gasteiger charge is 2.51. The van der Waals surface area contributed by atoms with Crippen LogP contribution in [0, 0.1) is 30.6 Å². The first kappa shape index (κ1) is 15.2. The SMILES string of the molecule is CCC(NC(=O)C1C2C=CC(C2)C1C(=O)O)c1nc(C)cs1. The van der Waals surface area contributed by atoms with Crippen LogP contribution in [0.25, 0.3) is 0 Å². The highest BCUT2D eigenvalue weighted by atomic mass is 32.1. The molecule has 0 spiro atoms. The minimum atomic E-state index is -0.866. The van der Waals surface area contributed by atoms with Crippen LogP contribution in [-0.2, 0) is 9.59 Å². The van der Waals surface area contributed by atoms with Gasteiger partial charge in [0.1, 0.15) is 5.01 Å². The molecule has 1 fully saturated rings. The van der Waals surface area contributed by atoms with E-state index >= 15 is 0 Å². The van der Waals surface area contributed by atoms with Crippen LogP contribution in [0.2, 0.25) is 0 Å². The predicted molar refractivity (Wildman–Crippen MR) is 83.4 cm³/mol. The molecular formula is C16H20N2O3S. The summed E-state index contributed by atoms with van der Waals surface area (Å²) in [6, 6.07) is -0.135. The lowest BCUT2D eigenvalue weighted by molar-refractivity contribution is -0.148. The molecule has 1 amide bonds. The third-order valence-electron chi connectivity index (χ3n) is 4.71. The second-order valence-electron chi connectivity index (χ2n) is 6.13. The van der Waals surface area contributed by atoms with Crippen molar-refractivity contribution in [2.75, 3.05) is 0 Å². The number of nitrogens with one attached hydrogen (secondary N) is 1. The van der Waals surface area contributed by atoms with Crippen molar-refractivity contribution in [3.8, 4) is 0 Å². The first-order valence-electron chi connectivity index (χ1n) is 7.64. The summed E-state index contributed by atoms with van der Waals surface area (Å²) in [7, 11) is 0. The van der Waals surface area contributed by atoms with Crippen LogP contribution in [0.4, 0.5) is 0 Å². The molecule has 0 saturated heterocycles. The zero-order valence-corrected chi connectivity index (χ0v) is 13.5. The summed E-state index contributed by atoms with van der Waals surface area (Å²) in [5.74, 6) is -2.01. The lowest BCUT2D eigenvalue weighted by atomic mass is 9.82. The van der Waals surface area contributed by atoms with Crippen molar-refractivity contribution in [2.45, 2.75) is 32.7 Å². The molecule has 1 heterocycles. The molecule has 0 radical (unpaired) electrons. The lowest BCUT2D eigenvalue weighted by Crippen LogP contribution is -2.41. The molecule has 1 aromatic heterocycles. The van der Waals surface area contributed by atoms with Gasteiger partial charge in [0.2, 0.25) is 5.91 Å². The Hall–Kier alpha value is -1.69. The summed E-state index contributed by atoms with van der Waals surface area (Å²) in [5, 5.41) is 15.3. The molecule has 2 aliphatic rings. The van der Waals surface area contributed by atoms with Gasteiger partial charge in [-0.25, -0.2) is 4.98 Å². The van der Waals surface area contributed by atoms with Gasteiger partial charge in [0.15, 0.2) is 0 Å². The fourth-order valence-corrected chi connectivity index (χ4v) is 4.59. The third-order valence-corrected chi connectivity index (χ3v) is 5.78. The van der Waals surface area contributed by atoms with Gasteiger partial charge in [0.05, 0.1) is 17.9 Å². The van der Waals surface area contributed by atoms with Gasteiger partial charge in [0.25, 0.3) is 0 Å². The van der Waals surface area contributed by atoms with Gasteiger partial charge in [0, 0.05) is 11.1 Å². The number of hydrogen-bond donors (Lipinski definition) is 2. The zero-order chi connectivity index (χ0) is 15.9. The average molecular weight is 320 g/mol. The number of aromatic nitrogens is 1. The van der Waals surface area contributed by atoms with E-state index in [1.165, 1.54) is 11.3 Å². The quantitative estimate of drug-likeness (QED) is 0.817. The molecule has 22 heavy (non-hydrogen) atoms. The van der Waals surface area contributed by atoms with Gasteiger partial charge in [-0.2, -0.15) is 0 Å². The van der Waals surface area contributed by atoms with Crippen LogP contribution >= 0.6 is 11.3 Å². The maximum Gasteiger partial charge on any atom is 0.307 e. The number of carboxylic acids is 1. The van der Waals surface area contributed by atoms with Crippen LogP contribution < -0.4 is 5.32 Å². The zero-order valence-electron chi connectivity index (χ0n) is 12.7. The van der Waals surface area contributed by atoms with Crippen LogP contribution in [-0.4, -0.2) is 22.0 Å². The van der Waals surface area contributed by atoms with Crippen LogP contribution in [0.3, 0.4) is 0 Å². The van der Waals surface area contributed by atoms with Gasteiger partial charge < -0.3 is 10.4 Å². The highest BCUT2D eigenvalue weighted by Crippen LogP contribution is 2.48. The minimum absolute atomic E-state index is 0.000402. The molecule has 2 aliphatic carbocycles. The first-order valence-corrected chi connectivity index (χ1v) is 8.52. The van der Waals surface area contributed by atoms with Crippen LogP contribution in [0.15, 0.2) is 17.5 Å². The van der Waals surface area contributed by atoms with Crippen LogP contribution in [0.1, 0.15) is 36.5 Å². The summed E-state index contributed by atoms with van der Waals surface area (Å²) in [4.78, 5) is 28.6. The Morgan fingerprint density at radius 3 is 2.64 bits per heavy atom. The summed E-state index contributed by atoms with van der Waals surface area (Å²) in [5.41, 5.74) is 0.943. The second-order valence-corrected chi connectivity index (χ2v) is 7.02. The highest BCUT2D eigenvalue weighted by molar-refractivity contribution is 7.09. The Balaban J connectivity index is 1.76. The van der Waals surface area contributed by atoms with E-state index in [-0.39, 0.29) is 23.8 Å². The number of hydrogen-bond acceptors (Lipinski definition) is 4. The van der Waals surface area contributed by atoms with E-state index in [1.807, 2.05) is 31.4 Å². The maximum atomic E-state index is 12.7. The van der Waals surface area contributed by atoms with Crippen molar-refractivity contribution < 1.29 is 14.7 Å². The molecule has 2 bridgehead atoms. The van der Waals surface area contributed by atoms with Crippen molar-refractivity contribution in [3.63, 3.8) is 0 Å². The van der Waals surface area contributed by atoms with Gasteiger partial charge >= 0.3 is 5.97 Å².